The maximum atomic E-state index is 11.1. The number of carboxylic acids is 1. The van der Waals surface area contributed by atoms with Crippen molar-refractivity contribution in [1.82, 2.24) is 4.90 Å². The first-order chi connectivity index (χ1) is 12.8. The average molecular weight is 376 g/mol. The van der Waals surface area contributed by atoms with Gasteiger partial charge in [0.25, 0.3) is 0 Å². The molecule has 1 N–H and O–H groups in total. The standard InChI is InChI=1S/C21H31NO5/c1-14(23)21(2)13-22(12-20(24)25)11-17(21)15-8-9-18(26-3)19(10-15)27-16-6-4-5-7-16/h8-10,14,16-17,23H,4-7,11-13H2,1-3H3,(H,24,25)/p-1. The van der Waals surface area contributed by atoms with Gasteiger partial charge in [0.05, 0.1) is 25.3 Å². The minimum absolute atomic E-state index is 0.00585. The Balaban J connectivity index is 1.89. The van der Waals surface area contributed by atoms with Gasteiger partial charge < -0.3 is 24.5 Å². The zero-order valence-corrected chi connectivity index (χ0v) is 16.4. The molecule has 1 heterocycles. The van der Waals surface area contributed by atoms with Crippen molar-refractivity contribution < 1.29 is 24.5 Å². The summed E-state index contributed by atoms with van der Waals surface area (Å²) in [6, 6.07) is 5.91. The fourth-order valence-corrected chi connectivity index (χ4v) is 4.52. The summed E-state index contributed by atoms with van der Waals surface area (Å²) in [5.74, 6) is 0.333. The molecule has 1 aliphatic heterocycles. The lowest BCUT2D eigenvalue weighted by molar-refractivity contribution is -0.306. The van der Waals surface area contributed by atoms with Crippen molar-refractivity contribution in [3.05, 3.63) is 23.8 Å². The Morgan fingerprint density at radius 1 is 1.37 bits per heavy atom. The van der Waals surface area contributed by atoms with Crippen LogP contribution >= 0.6 is 0 Å². The highest BCUT2D eigenvalue weighted by Gasteiger charge is 2.47. The van der Waals surface area contributed by atoms with Gasteiger partial charge in [-0.25, -0.2) is 0 Å². The predicted octanol–water partition coefficient (Wildman–Crippen LogP) is 1.55. The van der Waals surface area contributed by atoms with E-state index >= 15 is 0 Å². The van der Waals surface area contributed by atoms with Crippen molar-refractivity contribution in [1.29, 1.82) is 0 Å². The number of carboxylic acid groups (broad SMARTS) is 1. The number of benzene rings is 1. The van der Waals surface area contributed by atoms with Crippen LogP contribution in [0.2, 0.25) is 0 Å². The van der Waals surface area contributed by atoms with E-state index in [-0.39, 0.29) is 18.6 Å². The van der Waals surface area contributed by atoms with Crippen LogP contribution in [0.5, 0.6) is 11.5 Å². The lowest BCUT2D eigenvalue weighted by Crippen LogP contribution is -2.40. The normalized spacial score (nSPS) is 27.6. The number of aliphatic hydroxyl groups excluding tert-OH is 1. The van der Waals surface area contributed by atoms with Crippen LogP contribution in [0, 0.1) is 5.41 Å². The molecule has 1 saturated heterocycles. The number of hydrogen-bond donors (Lipinski definition) is 1. The van der Waals surface area contributed by atoms with E-state index in [1.54, 1.807) is 14.0 Å². The van der Waals surface area contributed by atoms with Gasteiger partial charge in [0.15, 0.2) is 11.5 Å². The van der Waals surface area contributed by atoms with Crippen molar-refractivity contribution in [3.8, 4) is 11.5 Å². The fourth-order valence-electron chi connectivity index (χ4n) is 4.52. The fraction of sp³-hybridized carbons (Fsp3) is 0.667. The Labute approximate surface area is 161 Å². The Bertz CT molecular complexity index is 671. The Morgan fingerprint density at radius 3 is 2.67 bits per heavy atom. The minimum Gasteiger partial charge on any atom is -0.549 e. The summed E-state index contributed by atoms with van der Waals surface area (Å²) in [4.78, 5) is 12.9. The molecular weight excluding hydrogens is 346 g/mol. The third-order valence-electron chi connectivity index (χ3n) is 6.29. The van der Waals surface area contributed by atoms with Gasteiger partial charge in [-0.05, 0) is 50.3 Å². The van der Waals surface area contributed by atoms with Crippen LogP contribution in [0.1, 0.15) is 51.0 Å². The van der Waals surface area contributed by atoms with E-state index in [2.05, 4.69) is 0 Å². The molecule has 27 heavy (non-hydrogen) atoms. The smallest absolute Gasteiger partial charge is 0.161 e. The van der Waals surface area contributed by atoms with E-state index in [9.17, 15) is 15.0 Å². The number of rotatable bonds is 7. The first-order valence-corrected chi connectivity index (χ1v) is 9.78. The molecule has 2 aliphatic rings. The van der Waals surface area contributed by atoms with Crippen molar-refractivity contribution in [2.75, 3.05) is 26.7 Å². The van der Waals surface area contributed by atoms with Crippen LogP contribution in [0.4, 0.5) is 0 Å². The zero-order chi connectivity index (χ0) is 19.6. The van der Waals surface area contributed by atoms with E-state index in [1.165, 1.54) is 12.8 Å². The molecule has 1 aliphatic carbocycles. The SMILES string of the molecule is COc1ccc(C2CN(CC(=O)[O-])CC2(C)C(C)O)cc1OC1CCCC1. The van der Waals surface area contributed by atoms with Gasteiger partial charge in [-0.3, -0.25) is 4.90 Å². The molecule has 150 valence electrons. The summed E-state index contributed by atoms with van der Waals surface area (Å²) in [5.41, 5.74) is 0.585. The Hall–Kier alpha value is -1.79. The molecule has 1 saturated carbocycles. The van der Waals surface area contributed by atoms with Crippen LogP contribution in [0.25, 0.3) is 0 Å². The predicted molar refractivity (Wildman–Crippen MR) is 99.9 cm³/mol. The van der Waals surface area contributed by atoms with Crippen LogP contribution in [0.15, 0.2) is 18.2 Å². The Kier molecular flexibility index (Phi) is 5.96. The number of methoxy groups -OCH3 is 1. The molecule has 1 aromatic carbocycles. The van der Waals surface area contributed by atoms with Crippen molar-refractivity contribution in [3.63, 3.8) is 0 Å². The van der Waals surface area contributed by atoms with E-state index in [0.29, 0.717) is 18.8 Å². The van der Waals surface area contributed by atoms with Crippen LogP contribution in [0.3, 0.4) is 0 Å². The van der Waals surface area contributed by atoms with Crippen molar-refractivity contribution in [2.45, 2.75) is 57.7 Å². The summed E-state index contributed by atoms with van der Waals surface area (Å²) in [7, 11) is 1.63. The quantitative estimate of drug-likeness (QED) is 0.778. The number of ether oxygens (including phenoxy) is 2. The first-order valence-electron chi connectivity index (χ1n) is 9.78. The Morgan fingerprint density at radius 2 is 2.07 bits per heavy atom. The molecule has 3 rings (SSSR count). The maximum absolute atomic E-state index is 11.1. The van der Waals surface area contributed by atoms with Gasteiger partial charge in [0.1, 0.15) is 0 Å². The number of carbonyl (C=O) groups is 1. The third-order valence-corrected chi connectivity index (χ3v) is 6.29. The van der Waals surface area contributed by atoms with Gasteiger partial charge in [0, 0.05) is 31.0 Å². The molecule has 0 bridgehead atoms. The highest BCUT2D eigenvalue weighted by atomic mass is 16.5. The molecule has 6 nitrogen and oxygen atoms in total. The van der Waals surface area contributed by atoms with Crippen LogP contribution < -0.4 is 14.6 Å². The molecule has 2 fully saturated rings. The number of nitrogens with zero attached hydrogens (tertiary/aromatic N) is 1. The second-order valence-corrected chi connectivity index (χ2v) is 8.21. The number of aliphatic hydroxyl groups is 1. The molecule has 0 amide bonds. The lowest BCUT2D eigenvalue weighted by atomic mass is 9.72. The van der Waals surface area contributed by atoms with E-state index < -0.39 is 17.5 Å². The summed E-state index contributed by atoms with van der Waals surface area (Å²) < 4.78 is 11.7. The number of likely N-dealkylation sites (tertiary alicyclic amines) is 1. The molecule has 0 radical (unpaired) electrons. The summed E-state index contributed by atoms with van der Waals surface area (Å²) in [5, 5.41) is 21.5. The van der Waals surface area contributed by atoms with Gasteiger partial charge >= 0.3 is 0 Å². The van der Waals surface area contributed by atoms with Gasteiger partial charge in [-0.1, -0.05) is 13.0 Å². The van der Waals surface area contributed by atoms with Crippen molar-refractivity contribution >= 4 is 5.97 Å². The summed E-state index contributed by atoms with van der Waals surface area (Å²) >= 11 is 0. The summed E-state index contributed by atoms with van der Waals surface area (Å²) in [6.07, 6.45) is 4.13. The monoisotopic (exact) mass is 376 g/mol. The second kappa shape index (κ2) is 8.07. The zero-order valence-electron chi connectivity index (χ0n) is 16.4. The molecule has 3 atom stereocenters. The number of aliphatic carboxylic acids is 1. The maximum Gasteiger partial charge on any atom is 0.161 e. The first kappa shape index (κ1) is 20.0. The van der Waals surface area contributed by atoms with Crippen LogP contribution in [-0.4, -0.2) is 54.9 Å². The van der Waals surface area contributed by atoms with Gasteiger partial charge in [-0.15, -0.1) is 0 Å². The molecule has 0 spiro atoms. The third kappa shape index (κ3) is 4.22. The average Bonchev–Trinajstić information content (AvgIpc) is 3.22. The molecule has 6 heteroatoms. The minimum atomic E-state index is -1.09. The second-order valence-electron chi connectivity index (χ2n) is 8.21. The lowest BCUT2D eigenvalue weighted by Gasteiger charge is -2.34. The molecule has 0 aromatic heterocycles. The van der Waals surface area contributed by atoms with E-state index in [4.69, 9.17) is 9.47 Å². The topological polar surface area (TPSA) is 82.1 Å². The van der Waals surface area contributed by atoms with Gasteiger partial charge in [-0.2, -0.15) is 0 Å². The van der Waals surface area contributed by atoms with Crippen LogP contribution in [-0.2, 0) is 4.79 Å². The molecular formula is C21H30NO5-. The van der Waals surface area contributed by atoms with Gasteiger partial charge in [0.2, 0.25) is 0 Å². The highest BCUT2D eigenvalue weighted by Crippen LogP contribution is 2.47. The largest absolute Gasteiger partial charge is 0.549 e. The van der Waals surface area contributed by atoms with Crippen molar-refractivity contribution in [2.24, 2.45) is 5.41 Å². The van der Waals surface area contributed by atoms with E-state index in [1.807, 2.05) is 30.0 Å². The molecule has 3 unspecified atom stereocenters. The summed E-state index contributed by atoms with van der Waals surface area (Å²) in [6.45, 7) is 4.73. The number of carbonyl (C=O) groups excluding carboxylic acids is 1. The molecule has 1 aromatic rings. The highest BCUT2D eigenvalue weighted by molar-refractivity contribution is 5.66. The van der Waals surface area contributed by atoms with E-state index in [0.717, 1.165) is 24.2 Å². The number of hydrogen-bond acceptors (Lipinski definition) is 6.